The molecule has 0 saturated carbocycles. The molecule has 0 spiro atoms. The number of carbonyl (C=O) groups excluding carboxylic acids is 1. The molecule has 0 aliphatic rings. The van der Waals surface area contributed by atoms with E-state index in [9.17, 15) is 4.79 Å². The van der Waals surface area contributed by atoms with Gasteiger partial charge >= 0.3 is 5.97 Å². The average molecular weight is 209 g/mol. The van der Waals surface area contributed by atoms with E-state index in [-0.39, 0.29) is 19.2 Å². The Morgan fingerprint density at radius 3 is 2.60 bits per heavy atom. The lowest BCUT2D eigenvalue weighted by Crippen LogP contribution is -2.10. The second kappa shape index (κ2) is 6.03. The largest absolute Gasteiger partial charge is 0.438 e. The number of hydrogen-bond donors (Lipinski definition) is 1. The zero-order valence-electron chi connectivity index (χ0n) is 8.73. The molecule has 0 aromatic heterocycles. The predicted molar refractivity (Wildman–Crippen MR) is 57.1 cm³/mol. The normalized spacial score (nSPS) is 9.93. The Labute approximate surface area is 89.0 Å². The topological polar surface area (TPSA) is 61.5 Å². The monoisotopic (exact) mass is 209 g/mol. The van der Waals surface area contributed by atoms with Gasteiger partial charge in [-0.2, -0.15) is 0 Å². The first-order valence-electron chi connectivity index (χ1n) is 4.80. The molecule has 82 valence electrons. The zero-order chi connectivity index (χ0) is 11.1. The van der Waals surface area contributed by atoms with Crippen molar-refractivity contribution in [3.05, 3.63) is 29.8 Å². The number of benzene rings is 1. The second-order valence-corrected chi connectivity index (χ2v) is 3.05. The Balaban J connectivity index is 2.34. The summed E-state index contributed by atoms with van der Waals surface area (Å²) in [6, 6.07) is 7.12. The third kappa shape index (κ3) is 4.46. The van der Waals surface area contributed by atoms with Crippen molar-refractivity contribution in [1.82, 2.24) is 0 Å². The van der Waals surface area contributed by atoms with E-state index >= 15 is 0 Å². The maximum absolute atomic E-state index is 11.2. The summed E-state index contributed by atoms with van der Waals surface area (Å²) in [7, 11) is 0. The highest BCUT2D eigenvalue weighted by molar-refractivity contribution is 5.72. The van der Waals surface area contributed by atoms with Crippen LogP contribution in [0.2, 0.25) is 0 Å². The molecule has 0 aliphatic heterocycles. The van der Waals surface area contributed by atoms with Gasteiger partial charge in [-0.25, -0.2) is 0 Å². The van der Waals surface area contributed by atoms with Gasteiger partial charge in [0.2, 0.25) is 0 Å². The van der Waals surface area contributed by atoms with Crippen LogP contribution in [0.5, 0.6) is 0 Å². The number of anilines is 1. The van der Waals surface area contributed by atoms with Gasteiger partial charge in [-0.1, -0.05) is 12.1 Å². The molecule has 0 saturated heterocycles. The molecule has 1 rings (SSSR count). The third-order valence-electron chi connectivity index (χ3n) is 1.84. The molecule has 0 radical (unpaired) electrons. The lowest BCUT2D eigenvalue weighted by atomic mass is 10.1. The van der Waals surface area contributed by atoms with Gasteiger partial charge in [-0.3, -0.25) is 4.79 Å². The molecule has 0 atom stereocenters. The summed E-state index contributed by atoms with van der Waals surface area (Å²) in [6.07, 6.45) is 0.243. The second-order valence-electron chi connectivity index (χ2n) is 3.05. The van der Waals surface area contributed by atoms with E-state index in [2.05, 4.69) is 0 Å². The van der Waals surface area contributed by atoms with Crippen LogP contribution in [0.15, 0.2) is 24.3 Å². The van der Waals surface area contributed by atoms with Crippen LogP contribution in [-0.4, -0.2) is 19.4 Å². The van der Waals surface area contributed by atoms with E-state index < -0.39 is 0 Å². The maximum Gasteiger partial charge on any atom is 0.312 e. The Hall–Kier alpha value is -1.55. The molecule has 4 nitrogen and oxygen atoms in total. The quantitative estimate of drug-likeness (QED) is 0.344. The molecule has 1 aromatic carbocycles. The molecular weight excluding hydrogens is 194 g/mol. The Morgan fingerprint density at radius 1 is 1.33 bits per heavy atom. The van der Waals surface area contributed by atoms with Gasteiger partial charge < -0.3 is 15.2 Å². The van der Waals surface area contributed by atoms with E-state index in [0.717, 1.165) is 5.56 Å². The van der Waals surface area contributed by atoms with E-state index in [1.165, 1.54) is 0 Å². The van der Waals surface area contributed by atoms with Gasteiger partial charge in [0.25, 0.3) is 0 Å². The van der Waals surface area contributed by atoms with Crippen LogP contribution in [0.25, 0.3) is 0 Å². The van der Waals surface area contributed by atoms with Crippen LogP contribution >= 0.6 is 0 Å². The summed E-state index contributed by atoms with van der Waals surface area (Å²) >= 11 is 0. The van der Waals surface area contributed by atoms with Crippen LogP contribution in [0.1, 0.15) is 12.5 Å². The van der Waals surface area contributed by atoms with Gasteiger partial charge in [-0.05, 0) is 24.6 Å². The first-order valence-corrected chi connectivity index (χ1v) is 4.80. The third-order valence-corrected chi connectivity index (χ3v) is 1.84. The molecule has 2 N–H and O–H groups in total. The minimum Gasteiger partial charge on any atom is -0.438 e. The summed E-state index contributed by atoms with van der Waals surface area (Å²) in [5.74, 6) is -0.298. The van der Waals surface area contributed by atoms with Crippen molar-refractivity contribution in [2.75, 3.05) is 19.1 Å². The number of rotatable bonds is 5. The van der Waals surface area contributed by atoms with Crippen molar-refractivity contribution in [1.29, 1.82) is 0 Å². The van der Waals surface area contributed by atoms with Crippen molar-refractivity contribution in [3.63, 3.8) is 0 Å². The highest BCUT2D eigenvalue weighted by Gasteiger charge is 2.03. The minimum atomic E-state index is -0.298. The molecule has 1 aromatic rings. The minimum absolute atomic E-state index is 0.0182. The van der Waals surface area contributed by atoms with Crippen molar-refractivity contribution in [2.24, 2.45) is 0 Å². The maximum atomic E-state index is 11.2. The fourth-order valence-corrected chi connectivity index (χ4v) is 1.04. The molecular formula is C11H15NO3. The molecule has 0 amide bonds. The lowest BCUT2D eigenvalue weighted by molar-refractivity contribution is -0.154. The van der Waals surface area contributed by atoms with E-state index in [4.69, 9.17) is 15.2 Å². The fourth-order valence-electron chi connectivity index (χ4n) is 1.04. The number of ether oxygens (including phenoxy) is 2. The number of hydrogen-bond acceptors (Lipinski definition) is 4. The van der Waals surface area contributed by atoms with Crippen LogP contribution in [-0.2, 0) is 20.7 Å². The summed E-state index contributed by atoms with van der Waals surface area (Å²) in [5, 5.41) is 0. The average Bonchev–Trinajstić information content (AvgIpc) is 2.22. The van der Waals surface area contributed by atoms with E-state index in [1.807, 2.05) is 6.92 Å². The van der Waals surface area contributed by atoms with Gasteiger partial charge in [0.1, 0.15) is 0 Å². The summed E-state index contributed by atoms with van der Waals surface area (Å²) in [4.78, 5) is 11.2. The first kappa shape index (κ1) is 11.5. The van der Waals surface area contributed by atoms with Gasteiger partial charge in [-0.15, -0.1) is 0 Å². The molecule has 0 unspecified atom stereocenters. The van der Waals surface area contributed by atoms with Gasteiger partial charge in [0.15, 0.2) is 6.79 Å². The Morgan fingerprint density at radius 2 is 2.00 bits per heavy atom. The van der Waals surface area contributed by atoms with Gasteiger partial charge in [0, 0.05) is 12.3 Å². The summed E-state index contributed by atoms with van der Waals surface area (Å²) < 4.78 is 9.72. The number of nitrogen functional groups attached to an aromatic ring is 1. The zero-order valence-corrected chi connectivity index (χ0v) is 8.73. The highest BCUT2D eigenvalue weighted by atomic mass is 16.7. The predicted octanol–water partition coefficient (Wildman–Crippen LogP) is 1.35. The fraction of sp³-hybridized carbons (Fsp3) is 0.364. The molecule has 0 heterocycles. The van der Waals surface area contributed by atoms with Crippen LogP contribution < -0.4 is 5.73 Å². The molecule has 0 bridgehead atoms. The lowest BCUT2D eigenvalue weighted by Gasteiger charge is -2.04. The first-order chi connectivity index (χ1) is 7.22. The van der Waals surface area contributed by atoms with Crippen molar-refractivity contribution >= 4 is 11.7 Å². The van der Waals surface area contributed by atoms with Crippen LogP contribution in [0, 0.1) is 0 Å². The Kier molecular flexibility index (Phi) is 4.63. The van der Waals surface area contributed by atoms with Gasteiger partial charge in [0.05, 0.1) is 6.42 Å². The summed E-state index contributed by atoms with van der Waals surface area (Å²) in [5.41, 5.74) is 7.08. The van der Waals surface area contributed by atoms with Crippen molar-refractivity contribution < 1.29 is 14.3 Å². The molecule has 4 heteroatoms. The molecule has 0 fully saturated rings. The van der Waals surface area contributed by atoms with E-state index in [0.29, 0.717) is 12.3 Å². The van der Waals surface area contributed by atoms with Crippen LogP contribution in [0.3, 0.4) is 0 Å². The number of esters is 1. The molecule has 15 heavy (non-hydrogen) atoms. The Bertz CT molecular complexity index is 308. The number of nitrogens with two attached hydrogens (primary N) is 1. The highest BCUT2D eigenvalue weighted by Crippen LogP contribution is 2.06. The van der Waals surface area contributed by atoms with E-state index in [1.54, 1.807) is 24.3 Å². The number of carbonyl (C=O) groups is 1. The summed E-state index contributed by atoms with van der Waals surface area (Å²) in [6.45, 7) is 2.40. The van der Waals surface area contributed by atoms with Crippen molar-refractivity contribution in [2.45, 2.75) is 13.3 Å². The SMILES string of the molecule is CCOCOC(=O)Cc1ccc(N)cc1. The van der Waals surface area contributed by atoms with Crippen molar-refractivity contribution in [3.8, 4) is 0 Å². The smallest absolute Gasteiger partial charge is 0.312 e. The standard InChI is InChI=1S/C11H15NO3/c1-2-14-8-15-11(13)7-9-3-5-10(12)6-4-9/h3-6H,2,7-8,12H2,1H3. The van der Waals surface area contributed by atoms with Crippen LogP contribution in [0.4, 0.5) is 5.69 Å². The molecule has 0 aliphatic carbocycles.